The molecule has 1 amide bonds. The molecule has 2 atom stereocenters. The van der Waals surface area contributed by atoms with Crippen molar-refractivity contribution in [2.45, 2.75) is 19.4 Å². The van der Waals surface area contributed by atoms with Crippen LogP contribution in [0.1, 0.15) is 35.3 Å². The van der Waals surface area contributed by atoms with Crippen LogP contribution in [0.15, 0.2) is 42.5 Å². The zero-order valence-electron chi connectivity index (χ0n) is 15.3. The molecule has 0 bridgehead atoms. The zero-order chi connectivity index (χ0) is 20.4. The Morgan fingerprint density at radius 1 is 1.11 bits per heavy atom. The molecule has 0 aromatic heterocycles. The highest BCUT2D eigenvalue weighted by atomic mass is 19.1. The summed E-state index contributed by atoms with van der Waals surface area (Å²) in [7, 11) is 1.42. The van der Waals surface area contributed by atoms with Crippen LogP contribution in [0.3, 0.4) is 0 Å². The van der Waals surface area contributed by atoms with Gasteiger partial charge in [0.2, 0.25) is 5.91 Å². The van der Waals surface area contributed by atoms with Crippen molar-refractivity contribution < 1.29 is 23.5 Å². The monoisotopic (exact) mass is 372 g/mol. The molecular weight excluding hydrogens is 351 g/mol. The maximum Gasteiger partial charge on any atom is 0.242 e. The second-order valence-electron chi connectivity index (χ2n) is 6.31. The fourth-order valence-electron chi connectivity index (χ4n) is 2.86. The molecule has 0 aliphatic rings. The number of halogens is 1. The SMILES string of the molecule is COc1ccc([C@](N)(C(N)=O)[C@H](C)C(C)=O)c(C(=O)c2ccc(F)cc2)c1. The van der Waals surface area contributed by atoms with E-state index in [9.17, 15) is 18.8 Å². The minimum atomic E-state index is -1.90. The quantitative estimate of drug-likeness (QED) is 0.721. The van der Waals surface area contributed by atoms with Gasteiger partial charge in [-0.3, -0.25) is 14.4 Å². The number of carbonyl (C=O) groups excluding carboxylic acids is 3. The summed E-state index contributed by atoms with van der Waals surface area (Å²) in [6.07, 6.45) is 0. The first-order chi connectivity index (χ1) is 12.6. The molecular formula is C20H21FN2O4. The summed E-state index contributed by atoms with van der Waals surface area (Å²) in [6, 6.07) is 9.31. The van der Waals surface area contributed by atoms with E-state index < -0.39 is 29.0 Å². The van der Waals surface area contributed by atoms with Crippen molar-refractivity contribution >= 4 is 17.5 Å². The smallest absolute Gasteiger partial charge is 0.242 e. The van der Waals surface area contributed by atoms with Gasteiger partial charge in [0, 0.05) is 17.0 Å². The lowest BCUT2D eigenvalue weighted by atomic mass is 9.74. The third-order valence-corrected chi connectivity index (χ3v) is 4.72. The Morgan fingerprint density at radius 3 is 2.19 bits per heavy atom. The van der Waals surface area contributed by atoms with E-state index in [1.165, 1.54) is 51.3 Å². The second-order valence-corrected chi connectivity index (χ2v) is 6.31. The Morgan fingerprint density at radius 2 is 1.70 bits per heavy atom. The van der Waals surface area contributed by atoms with Gasteiger partial charge in [-0.25, -0.2) is 4.39 Å². The fourth-order valence-corrected chi connectivity index (χ4v) is 2.86. The highest BCUT2D eigenvalue weighted by Crippen LogP contribution is 2.33. The predicted octanol–water partition coefficient (Wildman–Crippen LogP) is 1.93. The maximum atomic E-state index is 13.2. The molecule has 6 nitrogen and oxygen atoms in total. The Bertz CT molecular complexity index is 895. The van der Waals surface area contributed by atoms with Gasteiger partial charge in [-0.2, -0.15) is 0 Å². The molecule has 2 aromatic rings. The number of benzene rings is 2. The molecule has 0 aliphatic carbocycles. The largest absolute Gasteiger partial charge is 0.497 e. The van der Waals surface area contributed by atoms with Crippen LogP contribution < -0.4 is 16.2 Å². The molecule has 0 spiro atoms. The van der Waals surface area contributed by atoms with E-state index in [0.717, 1.165) is 12.1 Å². The third kappa shape index (κ3) is 3.73. The van der Waals surface area contributed by atoms with Crippen LogP contribution in [0.4, 0.5) is 4.39 Å². The van der Waals surface area contributed by atoms with Crippen molar-refractivity contribution in [2.75, 3.05) is 7.11 Å². The lowest BCUT2D eigenvalue weighted by molar-refractivity contribution is -0.132. The van der Waals surface area contributed by atoms with Gasteiger partial charge in [0.05, 0.1) is 7.11 Å². The number of hydrogen-bond acceptors (Lipinski definition) is 5. The van der Waals surface area contributed by atoms with Crippen molar-refractivity contribution in [3.8, 4) is 5.75 Å². The average molecular weight is 372 g/mol. The van der Waals surface area contributed by atoms with E-state index in [1.54, 1.807) is 0 Å². The van der Waals surface area contributed by atoms with Crippen LogP contribution in [0.5, 0.6) is 5.75 Å². The summed E-state index contributed by atoms with van der Waals surface area (Å²) < 4.78 is 18.4. The van der Waals surface area contributed by atoms with Crippen molar-refractivity contribution in [1.29, 1.82) is 0 Å². The van der Waals surface area contributed by atoms with Crippen LogP contribution in [0.2, 0.25) is 0 Å². The van der Waals surface area contributed by atoms with E-state index in [2.05, 4.69) is 0 Å². The van der Waals surface area contributed by atoms with Crippen LogP contribution in [-0.4, -0.2) is 24.6 Å². The van der Waals surface area contributed by atoms with Crippen LogP contribution >= 0.6 is 0 Å². The topological polar surface area (TPSA) is 112 Å². The molecule has 0 fully saturated rings. The molecule has 0 radical (unpaired) electrons. The van der Waals surface area contributed by atoms with Gasteiger partial charge in [-0.15, -0.1) is 0 Å². The number of amides is 1. The summed E-state index contributed by atoms with van der Waals surface area (Å²) in [5.41, 5.74) is 10.3. The number of methoxy groups -OCH3 is 1. The number of Topliss-reactive ketones (excluding diaryl/α,β-unsaturated/α-hetero) is 1. The predicted molar refractivity (Wildman–Crippen MR) is 97.7 cm³/mol. The highest BCUT2D eigenvalue weighted by Gasteiger charge is 2.44. The van der Waals surface area contributed by atoms with Gasteiger partial charge < -0.3 is 16.2 Å². The number of primary amides is 1. The Labute approximate surface area is 156 Å². The lowest BCUT2D eigenvalue weighted by Gasteiger charge is -2.33. The molecule has 27 heavy (non-hydrogen) atoms. The first-order valence-corrected chi connectivity index (χ1v) is 8.21. The Kier molecular flexibility index (Phi) is 5.75. The average Bonchev–Trinajstić information content (AvgIpc) is 2.66. The molecule has 2 aromatic carbocycles. The molecule has 142 valence electrons. The minimum Gasteiger partial charge on any atom is -0.497 e. The van der Waals surface area contributed by atoms with Gasteiger partial charge in [-0.1, -0.05) is 13.0 Å². The number of rotatable bonds is 7. The van der Waals surface area contributed by atoms with Crippen molar-refractivity contribution in [3.05, 3.63) is 65.0 Å². The first kappa shape index (κ1) is 20.3. The van der Waals surface area contributed by atoms with Crippen molar-refractivity contribution in [3.63, 3.8) is 0 Å². The number of carbonyl (C=O) groups is 3. The van der Waals surface area contributed by atoms with E-state index in [-0.39, 0.29) is 22.5 Å². The zero-order valence-corrected chi connectivity index (χ0v) is 15.3. The van der Waals surface area contributed by atoms with Crippen LogP contribution in [0.25, 0.3) is 0 Å². The molecule has 0 heterocycles. The van der Waals surface area contributed by atoms with Crippen molar-refractivity contribution in [2.24, 2.45) is 17.4 Å². The lowest BCUT2D eigenvalue weighted by Crippen LogP contribution is -2.56. The Balaban J connectivity index is 2.73. The normalized spacial score (nSPS) is 14.1. The van der Waals surface area contributed by atoms with E-state index >= 15 is 0 Å². The summed E-state index contributed by atoms with van der Waals surface area (Å²) in [6.45, 7) is 2.77. The fraction of sp³-hybridized carbons (Fsp3) is 0.250. The van der Waals surface area contributed by atoms with Crippen LogP contribution in [0, 0.1) is 11.7 Å². The molecule has 7 heteroatoms. The summed E-state index contributed by atoms with van der Waals surface area (Å²) in [4.78, 5) is 37.2. The standard InChI is InChI=1S/C20H21FN2O4/c1-11(12(2)24)20(23,19(22)26)17-9-8-15(27-3)10-16(17)18(25)13-4-6-14(21)7-5-13/h4-11H,23H2,1-3H3,(H2,22,26)/t11-,20+/m1/s1. The van der Waals surface area contributed by atoms with E-state index in [0.29, 0.717) is 5.75 Å². The number of ether oxygens (including phenoxy) is 1. The van der Waals surface area contributed by atoms with Gasteiger partial charge in [0.25, 0.3) is 0 Å². The highest BCUT2D eigenvalue weighted by molar-refractivity contribution is 6.11. The van der Waals surface area contributed by atoms with Crippen molar-refractivity contribution in [1.82, 2.24) is 0 Å². The van der Waals surface area contributed by atoms with E-state index in [1.807, 2.05) is 0 Å². The first-order valence-electron chi connectivity index (χ1n) is 8.21. The summed E-state index contributed by atoms with van der Waals surface area (Å²) >= 11 is 0. The van der Waals surface area contributed by atoms with Gasteiger partial charge >= 0.3 is 0 Å². The third-order valence-electron chi connectivity index (χ3n) is 4.72. The molecule has 0 saturated carbocycles. The van der Waals surface area contributed by atoms with Crippen LogP contribution in [-0.2, 0) is 15.1 Å². The summed E-state index contributed by atoms with van der Waals surface area (Å²) in [5.74, 6) is -2.91. The number of hydrogen-bond donors (Lipinski definition) is 2. The molecule has 2 rings (SSSR count). The summed E-state index contributed by atoms with van der Waals surface area (Å²) in [5, 5.41) is 0. The Hall–Kier alpha value is -3.06. The molecule has 0 aliphatic heterocycles. The molecule has 0 unspecified atom stereocenters. The maximum absolute atomic E-state index is 13.2. The second kappa shape index (κ2) is 7.67. The van der Waals surface area contributed by atoms with Gasteiger partial charge in [0.15, 0.2) is 5.78 Å². The molecule has 0 saturated heterocycles. The molecule has 4 N–H and O–H groups in total. The van der Waals surface area contributed by atoms with E-state index in [4.69, 9.17) is 16.2 Å². The van der Waals surface area contributed by atoms with Gasteiger partial charge in [-0.05, 0) is 48.9 Å². The number of nitrogens with two attached hydrogens (primary N) is 2. The minimum absolute atomic E-state index is 0.0513. The van der Waals surface area contributed by atoms with Gasteiger partial charge in [0.1, 0.15) is 22.9 Å². The number of ketones is 2.